The number of sulfonamides is 1. The van der Waals surface area contributed by atoms with Crippen molar-refractivity contribution in [2.45, 2.75) is 57.4 Å². The average Bonchev–Trinajstić information content (AvgIpc) is 3.28. The fourth-order valence-electron chi connectivity index (χ4n) is 3.70. The molecule has 1 fully saturated rings. The molecule has 1 amide bonds. The van der Waals surface area contributed by atoms with Gasteiger partial charge in [0.05, 0.1) is 11.5 Å². The normalized spacial score (nSPS) is 17.3. The molecular formula is C24H32N2O4S. The van der Waals surface area contributed by atoms with Crippen LogP contribution in [-0.2, 0) is 21.2 Å². The van der Waals surface area contributed by atoms with Crippen molar-refractivity contribution in [2.75, 3.05) is 17.9 Å². The highest BCUT2D eigenvalue weighted by Gasteiger charge is 2.25. The fourth-order valence-corrected chi connectivity index (χ4v) is 4.78. The molecular weight excluding hydrogens is 412 g/mol. The third-order valence-corrected chi connectivity index (χ3v) is 7.20. The molecule has 31 heavy (non-hydrogen) atoms. The van der Waals surface area contributed by atoms with Crippen LogP contribution in [0.5, 0.6) is 0 Å². The van der Waals surface area contributed by atoms with Gasteiger partial charge in [-0.3, -0.25) is 9.52 Å². The molecule has 1 saturated heterocycles. The molecule has 6 nitrogen and oxygen atoms in total. The van der Waals surface area contributed by atoms with Gasteiger partial charge in [0, 0.05) is 29.8 Å². The van der Waals surface area contributed by atoms with Gasteiger partial charge in [-0.2, -0.15) is 0 Å². The molecule has 2 aromatic carbocycles. The smallest absolute Gasteiger partial charge is 0.261 e. The van der Waals surface area contributed by atoms with Crippen molar-refractivity contribution < 1.29 is 17.9 Å². The first kappa shape index (κ1) is 23.3. The van der Waals surface area contributed by atoms with E-state index in [1.807, 2.05) is 19.1 Å². The second-order valence-corrected chi connectivity index (χ2v) is 9.95. The molecule has 2 atom stereocenters. The SMILES string of the molecule is CCCCc1ccc(NS(=O)(=O)c2ccc(C)c(C(=O)N[C@H](C)[C@@H]3CCOC3)c2)cc1. The van der Waals surface area contributed by atoms with Gasteiger partial charge < -0.3 is 10.1 Å². The Morgan fingerprint density at radius 2 is 1.94 bits per heavy atom. The van der Waals surface area contributed by atoms with E-state index in [1.165, 1.54) is 17.7 Å². The average molecular weight is 445 g/mol. The zero-order chi connectivity index (χ0) is 22.4. The minimum absolute atomic E-state index is 0.0426. The molecule has 0 saturated carbocycles. The van der Waals surface area contributed by atoms with E-state index in [-0.39, 0.29) is 22.8 Å². The van der Waals surface area contributed by atoms with Gasteiger partial charge in [0.25, 0.3) is 15.9 Å². The summed E-state index contributed by atoms with van der Waals surface area (Å²) in [5.41, 5.74) is 2.78. The number of hydrogen-bond donors (Lipinski definition) is 2. The van der Waals surface area contributed by atoms with E-state index in [0.29, 0.717) is 24.5 Å². The van der Waals surface area contributed by atoms with Gasteiger partial charge in [-0.05, 0) is 68.5 Å². The largest absolute Gasteiger partial charge is 0.381 e. The molecule has 168 valence electrons. The predicted molar refractivity (Wildman–Crippen MR) is 123 cm³/mol. The lowest BCUT2D eigenvalue weighted by atomic mass is 10.00. The van der Waals surface area contributed by atoms with E-state index >= 15 is 0 Å². The van der Waals surface area contributed by atoms with E-state index in [0.717, 1.165) is 31.2 Å². The quantitative estimate of drug-likeness (QED) is 0.604. The van der Waals surface area contributed by atoms with Crippen LogP contribution >= 0.6 is 0 Å². The van der Waals surface area contributed by atoms with Crippen molar-refractivity contribution in [3.8, 4) is 0 Å². The molecule has 1 aliphatic heterocycles. The summed E-state index contributed by atoms with van der Waals surface area (Å²) in [5.74, 6) is 0.00682. The Bertz CT molecular complexity index is 997. The highest BCUT2D eigenvalue weighted by Crippen LogP contribution is 2.21. The fraction of sp³-hybridized carbons (Fsp3) is 0.458. The zero-order valence-electron chi connectivity index (χ0n) is 18.5. The van der Waals surface area contributed by atoms with E-state index in [2.05, 4.69) is 17.0 Å². The van der Waals surface area contributed by atoms with Crippen LogP contribution in [0.1, 0.15) is 54.6 Å². The molecule has 0 spiro atoms. The lowest BCUT2D eigenvalue weighted by molar-refractivity contribution is 0.0921. The Labute approximate surface area is 185 Å². The maximum Gasteiger partial charge on any atom is 0.261 e. The molecule has 0 radical (unpaired) electrons. The van der Waals surface area contributed by atoms with E-state index < -0.39 is 10.0 Å². The van der Waals surface area contributed by atoms with Gasteiger partial charge in [-0.15, -0.1) is 0 Å². The monoisotopic (exact) mass is 444 g/mol. The van der Waals surface area contributed by atoms with Gasteiger partial charge in [-0.25, -0.2) is 8.42 Å². The standard InChI is InChI=1S/C24H32N2O4S/c1-4-5-6-19-8-10-21(11-9-19)26-31(28,29)22-12-7-17(2)23(15-22)24(27)25-18(3)20-13-14-30-16-20/h7-12,15,18,20,26H,4-6,13-14,16H2,1-3H3,(H,25,27)/t18-,20-/m1/s1. The number of nitrogens with one attached hydrogen (secondary N) is 2. The Balaban J connectivity index is 1.73. The van der Waals surface area contributed by atoms with Crippen molar-refractivity contribution in [3.05, 3.63) is 59.2 Å². The summed E-state index contributed by atoms with van der Waals surface area (Å²) < 4.78 is 33.8. The molecule has 0 aliphatic carbocycles. The second-order valence-electron chi connectivity index (χ2n) is 8.27. The molecule has 3 rings (SSSR count). The van der Waals surface area contributed by atoms with Gasteiger partial charge in [0.2, 0.25) is 0 Å². The molecule has 0 unspecified atom stereocenters. The molecule has 7 heteroatoms. The van der Waals surface area contributed by atoms with Crippen molar-refractivity contribution in [2.24, 2.45) is 5.92 Å². The van der Waals surface area contributed by atoms with Gasteiger partial charge in [-0.1, -0.05) is 31.5 Å². The maximum atomic E-state index is 12.9. The Morgan fingerprint density at radius 3 is 2.58 bits per heavy atom. The molecule has 2 aromatic rings. The lowest BCUT2D eigenvalue weighted by Gasteiger charge is -2.20. The topological polar surface area (TPSA) is 84.5 Å². The molecule has 2 N–H and O–H groups in total. The van der Waals surface area contributed by atoms with E-state index in [1.54, 1.807) is 25.1 Å². The van der Waals surface area contributed by atoms with E-state index in [9.17, 15) is 13.2 Å². The number of aryl methyl sites for hydroxylation is 2. The summed E-state index contributed by atoms with van der Waals surface area (Å²) in [5, 5.41) is 3.00. The van der Waals surface area contributed by atoms with Crippen molar-refractivity contribution >= 4 is 21.6 Å². The van der Waals surface area contributed by atoms with Crippen LogP contribution in [-0.4, -0.2) is 33.6 Å². The predicted octanol–water partition coefficient (Wildman–Crippen LogP) is 4.29. The highest BCUT2D eigenvalue weighted by atomic mass is 32.2. The minimum atomic E-state index is -3.81. The number of rotatable bonds is 9. The minimum Gasteiger partial charge on any atom is -0.381 e. The second kappa shape index (κ2) is 10.3. The third-order valence-electron chi connectivity index (χ3n) is 5.82. The summed E-state index contributed by atoms with van der Waals surface area (Å²) in [6, 6.07) is 12.0. The first-order valence-electron chi connectivity index (χ1n) is 10.9. The number of anilines is 1. The number of amides is 1. The molecule has 0 aromatic heterocycles. The number of benzene rings is 2. The van der Waals surface area contributed by atoms with Crippen molar-refractivity contribution in [3.63, 3.8) is 0 Å². The first-order valence-corrected chi connectivity index (χ1v) is 12.4. The molecule has 1 heterocycles. The highest BCUT2D eigenvalue weighted by molar-refractivity contribution is 7.92. The van der Waals surface area contributed by atoms with Gasteiger partial charge >= 0.3 is 0 Å². The molecule has 0 bridgehead atoms. The van der Waals surface area contributed by atoms with Crippen LogP contribution < -0.4 is 10.0 Å². The van der Waals surface area contributed by atoms with Crippen LogP contribution in [0.25, 0.3) is 0 Å². The van der Waals surface area contributed by atoms with Crippen LogP contribution in [0.2, 0.25) is 0 Å². The lowest BCUT2D eigenvalue weighted by Crippen LogP contribution is -2.38. The Morgan fingerprint density at radius 1 is 1.19 bits per heavy atom. The van der Waals surface area contributed by atoms with Crippen molar-refractivity contribution in [1.29, 1.82) is 0 Å². The number of ether oxygens (including phenoxy) is 1. The molecule has 1 aliphatic rings. The van der Waals surface area contributed by atoms with Crippen molar-refractivity contribution in [1.82, 2.24) is 5.32 Å². The third kappa shape index (κ3) is 6.08. The van der Waals surface area contributed by atoms with Gasteiger partial charge in [0.1, 0.15) is 0 Å². The summed E-state index contributed by atoms with van der Waals surface area (Å²) in [6.07, 6.45) is 4.11. The Kier molecular flexibility index (Phi) is 7.73. The number of unbranched alkanes of at least 4 members (excludes halogenated alkanes) is 1. The van der Waals surface area contributed by atoms with Crippen LogP contribution in [0.3, 0.4) is 0 Å². The number of hydrogen-bond acceptors (Lipinski definition) is 4. The maximum absolute atomic E-state index is 12.9. The first-order chi connectivity index (χ1) is 14.8. The van der Waals surface area contributed by atoms with Crippen LogP contribution in [0.15, 0.2) is 47.4 Å². The van der Waals surface area contributed by atoms with E-state index in [4.69, 9.17) is 4.74 Å². The summed E-state index contributed by atoms with van der Waals surface area (Å²) >= 11 is 0. The van der Waals surface area contributed by atoms with Crippen LogP contribution in [0.4, 0.5) is 5.69 Å². The summed E-state index contributed by atoms with van der Waals surface area (Å²) in [4.78, 5) is 12.9. The summed E-state index contributed by atoms with van der Waals surface area (Å²) in [6.45, 7) is 7.25. The number of carbonyl (C=O) groups excluding carboxylic acids is 1. The van der Waals surface area contributed by atoms with Crippen LogP contribution in [0, 0.1) is 12.8 Å². The number of carbonyl (C=O) groups is 1. The van der Waals surface area contributed by atoms with Gasteiger partial charge in [0.15, 0.2) is 0 Å². The summed E-state index contributed by atoms with van der Waals surface area (Å²) in [7, 11) is -3.81. The zero-order valence-corrected chi connectivity index (χ0v) is 19.3. The Hall–Kier alpha value is -2.38.